The van der Waals surface area contributed by atoms with Crippen LogP contribution in [0.1, 0.15) is 6.92 Å². The van der Waals surface area contributed by atoms with Crippen molar-refractivity contribution in [2.75, 3.05) is 0 Å². The van der Waals surface area contributed by atoms with Gasteiger partial charge in [-0.2, -0.15) is 13.2 Å². The Labute approximate surface area is 72.1 Å². The predicted octanol–water partition coefficient (Wildman–Crippen LogP) is 2.02. The molecule has 1 rings (SSSR count). The van der Waals surface area contributed by atoms with Crippen molar-refractivity contribution in [3.63, 3.8) is 0 Å². The Kier molecular flexibility index (Phi) is 2.32. The number of nitrogens with one attached hydrogen (secondary N) is 1. The van der Waals surface area contributed by atoms with Crippen molar-refractivity contribution in [1.82, 2.24) is 5.32 Å². The van der Waals surface area contributed by atoms with E-state index in [-0.39, 0.29) is 5.29 Å². The minimum atomic E-state index is -4.34. The molecule has 0 aromatic rings. The Morgan fingerprint density at radius 2 is 2.17 bits per heavy atom. The first kappa shape index (κ1) is 9.38. The Morgan fingerprint density at radius 1 is 1.58 bits per heavy atom. The third-order valence-electron chi connectivity index (χ3n) is 1.43. The van der Waals surface area contributed by atoms with Gasteiger partial charge in [-0.05, 0) is 18.5 Å². The summed E-state index contributed by atoms with van der Waals surface area (Å²) in [4.78, 5) is 3.51. The number of amidine groups is 1. The molecular formula is C6H6ClF3N2. The van der Waals surface area contributed by atoms with E-state index in [4.69, 9.17) is 11.6 Å². The summed E-state index contributed by atoms with van der Waals surface area (Å²) in [5.74, 6) is 0. The van der Waals surface area contributed by atoms with Crippen LogP contribution >= 0.6 is 11.6 Å². The fourth-order valence-electron chi connectivity index (χ4n) is 0.853. The first-order valence-electron chi connectivity index (χ1n) is 3.18. The molecule has 0 bridgehead atoms. The Hall–Kier alpha value is -0.710. The fourth-order valence-corrected chi connectivity index (χ4v) is 1.05. The molecule has 0 amide bonds. The third-order valence-corrected chi connectivity index (χ3v) is 1.64. The van der Waals surface area contributed by atoms with Gasteiger partial charge in [0.15, 0.2) is 5.29 Å². The predicted molar refractivity (Wildman–Crippen MR) is 40.0 cm³/mol. The molecule has 12 heavy (non-hydrogen) atoms. The van der Waals surface area contributed by atoms with E-state index >= 15 is 0 Å². The van der Waals surface area contributed by atoms with Crippen LogP contribution < -0.4 is 5.32 Å². The van der Waals surface area contributed by atoms with Crippen molar-refractivity contribution in [2.45, 2.75) is 19.1 Å². The van der Waals surface area contributed by atoms with Crippen LogP contribution in [0.15, 0.2) is 16.8 Å². The number of nitrogens with zero attached hydrogens (tertiary/aromatic N) is 1. The molecule has 0 radical (unpaired) electrons. The molecule has 0 saturated heterocycles. The zero-order valence-electron chi connectivity index (χ0n) is 6.11. The maximum Gasteiger partial charge on any atom is 0.416 e. The fraction of sp³-hybridized carbons (Fsp3) is 0.500. The smallest absolute Gasteiger partial charge is 0.337 e. The molecule has 0 aliphatic carbocycles. The summed E-state index contributed by atoms with van der Waals surface area (Å²) < 4.78 is 36.3. The Bertz CT molecular complexity index is 244. The molecule has 68 valence electrons. The van der Waals surface area contributed by atoms with Crippen molar-refractivity contribution in [1.29, 1.82) is 0 Å². The van der Waals surface area contributed by atoms with Crippen LogP contribution in [-0.4, -0.2) is 17.5 Å². The monoisotopic (exact) mass is 198 g/mol. The standard InChI is InChI=1S/C6H6ClF3N2/c1-3-4(6(8,9)10)2-11-5(7)12-3/h2-3H,1H3,(H,11,12). The van der Waals surface area contributed by atoms with Crippen LogP contribution in [-0.2, 0) is 0 Å². The maximum atomic E-state index is 12.1. The Morgan fingerprint density at radius 3 is 2.58 bits per heavy atom. The summed E-state index contributed by atoms with van der Waals surface area (Å²) in [6.07, 6.45) is -3.51. The molecule has 0 saturated carbocycles. The van der Waals surface area contributed by atoms with Crippen LogP contribution in [0.5, 0.6) is 0 Å². The van der Waals surface area contributed by atoms with Gasteiger partial charge in [-0.15, -0.1) is 0 Å². The average molecular weight is 199 g/mol. The van der Waals surface area contributed by atoms with Gasteiger partial charge in [0.1, 0.15) is 0 Å². The lowest BCUT2D eigenvalue weighted by molar-refractivity contribution is -0.0954. The number of aliphatic imine (C=N–C) groups is 1. The van der Waals surface area contributed by atoms with Crippen LogP contribution in [0.2, 0.25) is 0 Å². The number of halogens is 4. The number of hydrogen-bond donors (Lipinski definition) is 1. The molecule has 0 spiro atoms. The highest BCUT2D eigenvalue weighted by Crippen LogP contribution is 2.30. The molecule has 0 fully saturated rings. The first-order chi connectivity index (χ1) is 5.41. The van der Waals surface area contributed by atoms with Gasteiger partial charge in [-0.1, -0.05) is 0 Å². The lowest BCUT2D eigenvalue weighted by Crippen LogP contribution is -2.30. The van der Waals surface area contributed by atoms with E-state index in [1.165, 1.54) is 6.92 Å². The minimum absolute atomic E-state index is 0.0181. The van der Waals surface area contributed by atoms with E-state index in [1.807, 2.05) is 0 Å². The average Bonchev–Trinajstić information content (AvgIpc) is 1.83. The second-order valence-corrected chi connectivity index (χ2v) is 2.70. The van der Waals surface area contributed by atoms with Gasteiger partial charge in [0.05, 0.1) is 11.6 Å². The van der Waals surface area contributed by atoms with Crippen molar-refractivity contribution in [3.8, 4) is 0 Å². The molecule has 2 nitrogen and oxygen atoms in total. The van der Waals surface area contributed by atoms with Crippen LogP contribution in [0.4, 0.5) is 13.2 Å². The molecule has 6 heteroatoms. The van der Waals surface area contributed by atoms with E-state index in [0.717, 1.165) is 6.20 Å². The highest BCUT2D eigenvalue weighted by molar-refractivity contribution is 6.64. The minimum Gasteiger partial charge on any atom is -0.337 e. The van der Waals surface area contributed by atoms with E-state index in [0.29, 0.717) is 0 Å². The molecule has 1 unspecified atom stereocenters. The molecule has 1 N–H and O–H groups in total. The molecular weight excluding hydrogens is 193 g/mol. The molecule has 1 heterocycles. The van der Waals surface area contributed by atoms with Crippen molar-refractivity contribution in [2.24, 2.45) is 4.99 Å². The quantitative estimate of drug-likeness (QED) is 0.592. The largest absolute Gasteiger partial charge is 0.416 e. The SMILES string of the molecule is CC1N=C(Cl)NC=C1C(F)(F)F. The number of rotatable bonds is 0. The molecule has 1 atom stereocenters. The second-order valence-electron chi connectivity index (χ2n) is 2.34. The first-order valence-corrected chi connectivity index (χ1v) is 3.56. The molecule has 0 aromatic heterocycles. The van der Waals surface area contributed by atoms with Gasteiger partial charge < -0.3 is 5.32 Å². The second kappa shape index (κ2) is 2.97. The lowest BCUT2D eigenvalue weighted by Gasteiger charge is -2.19. The normalized spacial score (nSPS) is 24.2. The summed E-state index contributed by atoms with van der Waals surface area (Å²) in [6.45, 7) is 1.34. The van der Waals surface area contributed by atoms with Crippen molar-refractivity contribution >= 4 is 16.9 Å². The van der Waals surface area contributed by atoms with Crippen LogP contribution in [0.3, 0.4) is 0 Å². The summed E-state index contributed by atoms with van der Waals surface area (Å²) in [5.41, 5.74) is -0.716. The van der Waals surface area contributed by atoms with E-state index in [9.17, 15) is 13.2 Å². The molecule has 1 aliphatic rings. The number of hydrogen-bond acceptors (Lipinski definition) is 2. The van der Waals surface area contributed by atoms with E-state index < -0.39 is 17.8 Å². The summed E-state index contributed by atoms with van der Waals surface area (Å²) in [7, 11) is 0. The topological polar surface area (TPSA) is 24.4 Å². The zero-order valence-corrected chi connectivity index (χ0v) is 6.87. The lowest BCUT2D eigenvalue weighted by atomic mass is 10.1. The maximum absolute atomic E-state index is 12.1. The highest BCUT2D eigenvalue weighted by Gasteiger charge is 2.38. The Balaban J connectivity index is 2.83. The molecule has 1 aliphatic heterocycles. The summed E-state index contributed by atoms with van der Waals surface area (Å²) in [5, 5.41) is 2.18. The van der Waals surface area contributed by atoms with Gasteiger partial charge in [0.25, 0.3) is 0 Å². The zero-order chi connectivity index (χ0) is 9.35. The third kappa shape index (κ3) is 1.91. The van der Waals surface area contributed by atoms with Crippen LogP contribution in [0.25, 0.3) is 0 Å². The van der Waals surface area contributed by atoms with E-state index in [1.54, 1.807) is 0 Å². The van der Waals surface area contributed by atoms with Crippen LogP contribution in [0, 0.1) is 0 Å². The van der Waals surface area contributed by atoms with Gasteiger partial charge in [0.2, 0.25) is 0 Å². The number of alkyl halides is 3. The molecule has 0 aromatic carbocycles. The van der Waals surface area contributed by atoms with Gasteiger partial charge in [0, 0.05) is 6.20 Å². The van der Waals surface area contributed by atoms with Gasteiger partial charge >= 0.3 is 6.18 Å². The highest BCUT2D eigenvalue weighted by atomic mass is 35.5. The van der Waals surface area contributed by atoms with Crippen molar-refractivity contribution < 1.29 is 13.2 Å². The van der Waals surface area contributed by atoms with Gasteiger partial charge in [-0.25, -0.2) is 4.99 Å². The summed E-state index contributed by atoms with van der Waals surface area (Å²) in [6, 6.07) is -0.932. The van der Waals surface area contributed by atoms with Crippen molar-refractivity contribution in [3.05, 3.63) is 11.8 Å². The van der Waals surface area contributed by atoms with E-state index in [2.05, 4.69) is 10.3 Å². The van der Waals surface area contributed by atoms with Gasteiger partial charge in [-0.3, -0.25) is 0 Å². The summed E-state index contributed by atoms with van der Waals surface area (Å²) >= 11 is 5.35.